The Balaban J connectivity index is 1.22. The number of imide groups is 1. The van der Waals surface area contributed by atoms with Crippen LogP contribution in [0.3, 0.4) is 0 Å². The van der Waals surface area contributed by atoms with E-state index in [1.807, 2.05) is 19.2 Å². The van der Waals surface area contributed by atoms with Gasteiger partial charge in [-0.15, -0.1) is 0 Å². The highest BCUT2D eigenvalue weighted by molar-refractivity contribution is 6.33. The second kappa shape index (κ2) is 9.96. The summed E-state index contributed by atoms with van der Waals surface area (Å²) in [5.41, 5.74) is 2.34. The summed E-state index contributed by atoms with van der Waals surface area (Å²) < 4.78 is 5.51. The number of amides is 3. The monoisotopic (exact) mass is 487 g/mol. The molecule has 3 heterocycles. The SMILES string of the molecule is COC1CCC(CN2CCC(c3ccc4c(c3Cl)CN(N3C(=O)CCCC3=O)C4=O)CC2)CC1. The summed E-state index contributed by atoms with van der Waals surface area (Å²) >= 11 is 6.86. The van der Waals surface area contributed by atoms with Crippen LogP contribution >= 0.6 is 11.6 Å². The average molecular weight is 488 g/mol. The van der Waals surface area contributed by atoms with E-state index in [-0.39, 0.29) is 37.1 Å². The third-order valence-electron chi connectivity index (χ3n) is 8.21. The number of piperidine rings is 2. The van der Waals surface area contributed by atoms with Crippen LogP contribution < -0.4 is 0 Å². The van der Waals surface area contributed by atoms with Crippen molar-refractivity contribution in [1.29, 1.82) is 0 Å². The third kappa shape index (κ3) is 4.50. The molecule has 3 aliphatic heterocycles. The van der Waals surface area contributed by atoms with Crippen LogP contribution in [0.15, 0.2) is 12.1 Å². The van der Waals surface area contributed by atoms with E-state index in [1.54, 1.807) is 0 Å². The van der Waals surface area contributed by atoms with Crippen molar-refractivity contribution in [3.63, 3.8) is 0 Å². The normalized spacial score (nSPS) is 26.9. The summed E-state index contributed by atoms with van der Waals surface area (Å²) in [5, 5.41) is 2.95. The minimum atomic E-state index is -0.315. The van der Waals surface area contributed by atoms with Crippen molar-refractivity contribution in [1.82, 2.24) is 14.9 Å². The molecule has 34 heavy (non-hydrogen) atoms. The van der Waals surface area contributed by atoms with Gasteiger partial charge in [-0.2, -0.15) is 5.01 Å². The molecule has 0 atom stereocenters. The fourth-order valence-corrected chi connectivity index (χ4v) is 6.56. The smallest absolute Gasteiger partial charge is 0.273 e. The van der Waals surface area contributed by atoms with Gasteiger partial charge in [0, 0.05) is 42.6 Å². The lowest BCUT2D eigenvalue weighted by molar-refractivity contribution is -0.163. The van der Waals surface area contributed by atoms with Crippen molar-refractivity contribution in [3.8, 4) is 0 Å². The first-order valence-corrected chi connectivity index (χ1v) is 13.1. The predicted molar refractivity (Wildman–Crippen MR) is 128 cm³/mol. The van der Waals surface area contributed by atoms with Crippen LogP contribution in [0.2, 0.25) is 5.02 Å². The quantitative estimate of drug-likeness (QED) is 0.584. The van der Waals surface area contributed by atoms with Crippen LogP contribution in [-0.4, -0.2) is 65.5 Å². The number of halogens is 1. The number of ether oxygens (including phenoxy) is 1. The molecule has 3 fully saturated rings. The second-order valence-electron chi connectivity index (χ2n) is 10.3. The first-order valence-electron chi connectivity index (χ1n) is 12.7. The Morgan fingerprint density at radius 3 is 2.29 bits per heavy atom. The number of methoxy groups -OCH3 is 1. The summed E-state index contributed by atoms with van der Waals surface area (Å²) in [6.07, 6.45) is 8.51. The number of hydrazine groups is 1. The van der Waals surface area contributed by atoms with Crippen molar-refractivity contribution >= 4 is 29.3 Å². The largest absolute Gasteiger partial charge is 0.381 e. The Labute approximate surface area is 206 Å². The van der Waals surface area contributed by atoms with Gasteiger partial charge in [0.05, 0.1) is 12.6 Å². The number of likely N-dealkylation sites (tertiary alicyclic amines) is 1. The average Bonchev–Trinajstić information content (AvgIpc) is 3.17. The van der Waals surface area contributed by atoms with Gasteiger partial charge in [0.2, 0.25) is 11.8 Å². The minimum absolute atomic E-state index is 0.182. The maximum Gasteiger partial charge on any atom is 0.273 e. The lowest BCUT2D eigenvalue weighted by atomic mass is 9.85. The summed E-state index contributed by atoms with van der Waals surface area (Å²) in [7, 11) is 1.82. The Kier molecular flexibility index (Phi) is 6.96. The van der Waals surface area contributed by atoms with Crippen molar-refractivity contribution in [3.05, 3.63) is 33.8 Å². The first kappa shape index (κ1) is 23.8. The number of benzene rings is 1. The lowest BCUT2D eigenvalue weighted by Gasteiger charge is -2.36. The van der Waals surface area contributed by atoms with E-state index in [0.717, 1.165) is 48.0 Å². The highest BCUT2D eigenvalue weighted by Crippen LogP contribution is 2.40. The van der Waals surface area contributed by atoms with E-state index >= 15 is 0 Å². The summed E-state index contributed by atoms with van der Waals surface area (Å²) in [5.74, 6) is 0.197. The van der Waals surface area contributed by atoms with E-state index in [9.17, 15) is 14.4 Å². The van der Waals surface area contributed by atoms with Crippen LogP contribution in [0.4, 0.5) is 0 Å². The number of nitrogens with zero attached hydrogens (tertiary/aromatic N) is 3. The van der Waals surface area contributed by atoms with Crippen LogP contribution in [0.25, 0.3) is 0 Å². The maximum absolute atomic E-state index is 13.0. The summed E-state index contributed by atoms with van der Waals surface area (Å²) in [4.78, 5) is 40.3. The highest BCUT2D eigenvalue weighted by Gasteiger charge is 2.40. The van der Waals surface area contributed by atoms with Crippen molar-refractivity contribution in [2.45, 2.75) is 76.4 Å². The van der Waals surface area contributed by atoms with Gasteiger partial charge in [0.25, 0.3) is 5.91 Å². The number of hydrogen-bond acceptors (Lipinski definition) is 5. The zero-order valence-electron chi connectivity index (χ0n) is 19.9. The van der Waals surface area contributed by atoms with Gasteiger partial charge in [0.15, 0.2) is 0 Å². The van der Waals surface area contributed by atoms with E-state index < -0.39 is 0 Å². The second-order valence-corrected chi connectivity index (χ2v) is 10.6. The molecule has 3 amide bonds. The van der Waals surface area contributed by atoms with Gasteiger partial charge in [-0.1, -0.05) is 17.7 Å². The van der Waals surface area contributed by atoms with Crippen LogP contribution in [0.5, 0.6) is 0 Å². The molecule has 184 valence electrons. The molecule has 7 nitrogen and oxygen atoms in total. The molecule has 0 spiro atoms. The van der Waals surface area contributed by atoms with Crippen molar-refractivity contribution in [2.75, 3.05) is 26.7 Å². The molecule has 1 saturated carbocycles. The summed E-state index contributed by atoms with van der Waals surface area (Å²) in [6.45, 7) is 3.47. The van der Waals surface area contributed by atoms with Gasteiger partial charge in [-0.25, -0.2) is 5.01 Å². The Morgan fingerprint density at radius 1 is 0.971 bits per heavy atom. The number of rotatable bonds is 5. The molecule has 1 aromatic carbocycles. The molecule has 8 heteroatoms. The fraction of sp³-hybridized carbons (Fsp3) is 0.654. The zero-order chi connectivity index (χ0) is 23.8. The number of carbonyl (C=O) groups is 3. The molecular weight excluding hydrogens is 454 g/mol. The van der Waals surface area contributed by atoms with E-state index in [0.29, 0.717) is 29.0 Å². The Hall–Kier alpha value is -1.96. The molecule has 1 aliphatic carbocycles. The van der Waals surface area contributed by atoms with Gasteiger partial charge >= 0.3 is 0 Å². The molecular formula is C26H34ClN3O4. The van der Waals surface area contributed by atoms with Crippen molar-refractivity contribution < 1.29 is 19.1 Å². The Bertz CT molecular complexity index is 951. The zero-order valence-corrected chi connectivity index (χ0v) is 20.7. The van der Waals surface area contributed by atoms with E-state index in [4.69, 9.17) is 16.3 Å². The lowest BCUT2D eigenvalue weighted by Crippen LogP contribution is -2.52. The number of fused-ring (bicyclic) bond motifs is 1. The van der Waals surface area contributed by atoms with Gasteiger partial charge < -0.3 is 9.64 Å². The molecule has 1 aromatic rings. The van der Waals surface area contributed by atoms with Gasteiger partial charge in [0.1, 0.15) is 0 Å². The molecule has 0 bridgehead atoms. The van der Waals surface area contributed by atoms with E-state index in [1.165, 1.54) is 37.2 Å². The van der Waals surface area contributed by atoms with Crippen LogP contribution in [-0.2, 0) is 20.9 Å². The molecule has 4 aliphatic rings. The number of carbonyl (C=O) groups excluding carboxylic acids is 3. The topological polar surface area (TPSA) is 70.2 Å². The molecule has 5 rings (SSSR count). The van der Waals surface area contributed by atoms with Crippen molar-refractivity contribution in [2.24, 2.45) is 5.92 Å². The minimum Gasteiger partial charge on any atom is -0.381 e. The molecule has 0 radical (unpaired) electrons. The molecule has 0 N–H and O–H groups in total. The first-order chi connectivity index (χ1) is 16.5. The third-order valence-corrected chi connectivity index (χ3v) is 8.66. The number of hydrogen-bond donors (Lipinski definition) is 0. The fourth-order valence-electron chi connectivity index (χ4n) is 6.18. The predicted octanol–water partition coefficient (Wildman–Crippen LogP) is 4.13. The Morgan fingerprint density at radius 2 is 1.65 bits per heavy atom. The van der Waals surface area contributed by atoms with Crippen LogP contribution in [0.1, 0.15) is 85.2 Å². The van der Waals surface area contributed by atoms with Gasteiger partial charge in [-0.3, -0.25) is 14.4 Å². The van der Waals surface area contributed by atoms with Gasteiger partial charge in [-0.05, 0) is 81.5 Å². The highest BCUT2D eigenvalue weighted by atomic mass is 35.5. The van der Waals surface area contributed by atoms with Crippen LogP contribution in [0, 0.1) is 5.92 Å². The molecule has 0 aromatic heterocycles. The molecule has 0 unspecified atom stereocenters. The molecule has 2 saturated heterocycles. The van der Waals surface area contributed by atoms with E-state index in [2.05, 4.69) is 4.90 Å². The summed E-state index contributed by atoms with van der Waals surface area (Å²) in [6, 6.07) is 3.81. The standard InChI is InChI=1S/C26H34ClN3O4/c1-34-19-7-5-17(6-8-19)15-28-13-11-18(12-14-28)20-9-10-21-22(25(20)27)16-29(26(21)33)30-23(31)3-2-4-24(30)32/h9-10,17-19H,2-8,11-16H2,1H3. The maximum atomic E-state index is 13.0.